The molecule has 1 aromatic rings. The second kappa shape index (κ2) is 6.17. The molecular formula is C18H29NO. The lowest BCUT2D eigenvalue weighted by Crippen LogP contribution is -2.46. The molecule has 20 heavy (non-hydrogen) atoms. The molecule has 0 amide bonds. The van der Waals surface area contributed by atoms with Gasteiger partial charge in [-0.1, -0.05) is 32.8 Å². The summed E-state index contributed by atoms with van der Waals surface area (Å²) in [6.07, 6.45) is 5.19. The van der Waals surface area contributed by atoms with E-state index in [1.807, 2.05) is 0 Å². The van der Waals surface area contributed by atoms with E-state index in [1.165, 1.54) is 42.4 Å². The number of benzene rings is 1. The summed E-state index contributed by atoms with van der Waals surface area (Å²) in [6, 6.07) is 4.54. The lowest BCUT2D eigenvalue weighted by Gasteiger charge is -2.40. The summed E-state index contributed by atoms with van der Waals surface area (Å²) in [7, 11) is 1.75. The highest BCUT2D eigenvalue weighted by molar-refractivity contribution is 5.45. The summed E-state index contributed by atoms with van der Waals surface area (Å²) < 4.78 is 5.47. The van der Waals surface area contributed by atoms with Crippen LogP contribution in [0.3, 0.4) is 0 Å². The minimum Gasteiger partial charge on any atom is -0.496 e. The van der Waals surface area contributed by atoms with Crippen LogP contribution >= 0.6 is 0 Å². The zero-order valence-corrected chi connectivity index (χ0v) is 13.7. The molecule has 2 heteroatoms. The Labute approximate surface area is 123 Å². The molecule has 0 aromatic heterocycles. The van der Waals surface area contributed by atoms with Crippen LogP contribution in [0.1, 0.15) is 56.2 Å². The van der Waals surface area contributed by atoms with Crippen molar-refractivity contribution in [2.45, 2.75) is 58.9 Å². The van der Waals surface area contributed by atoms with Crippen molar-refractivity contribution < 1.29 is 4.74 Å². The minimum absolute atomic E-state index is 0.123. The molecule has 2 nitrogen and oxygen atoms in total. The van der Waals surface area contributed by atoms with Gasteiger partial charge in [0.25, 0.3) is 0 Å². The Balaban J connectivity index is 2.51. The van der Waals surface area contributed by atoms with E-state index in [0.29, 0.717) is 5.92 Å². The van der Waals surface area contributed by atoms with Crippen LogP contribution in [0.15, 0.2) is 12.1 Å². The molecule has 1 atom stereocenters. The van der Waals surface area contributed by atoms with Crippen LogP contribution in [-0.4, -0.2) is 13.7 Å². The molecular weight excluding hydrogens is 246 g/mol. The average Bonchev–Trinajstić information content (AvgIpc) is 2.67. The molecule has 1 aliphatic rings. The summed E-state index contributed by atoms with van der Waals surface area (Å²) >= 11 is 0. The van der Waals surface area contributed by atoms with E-state index in [9.17, 15) is 0 Å². The van der Waals surface area contributed by atoms with Crippen molar-refractivity contribution >= 4 is 0 Å². The predicted octanol–water partition coefficient (Wildman–Crippen LogP) is 4.33. The van der Waals surface area contributed by atoms with Gasteiger partial charge in [-0.05, 0) is 61.9 Å². The largest absolute Gasteiger partial charge is 0.496 e. The fraction of sp³-hybridized carbons (Fsp3) is 0.667. The number of ether oxygens (including phenoxy) is 1. The van der Waals surface area contributed by atoms with E-state index in [1.54, 1.807) is 7.11 Å². The fourth-order valence-electron chi connectivity index (χ4n) is 3.63. The Hall–Kier alpha value is -1.02. The first-order valence-electron chi connectivity index (χ1n) is 7.92. The molecule has 1 aromatic carbocycles. The summed E-state index contributed by atoms with van der Waals surface area (Å²) in [5.41, 5.74) is 4.17. The molecule has 1 heterocycles. The Morgan fingerprint density at radius 2 is 1.85 bits per heavy atom. The molecule has 1 N–H and O–H groups in total. The van der Waals surface area contributed by atoms with Gasteiger partial charge in [0.05, 0.1) is 7.11 Å². The van der Waals surface area contributed by atoms with Gasteiger partial charge in [0.2, 0.25) is 0 Å². The lowest BCUT2D eigenvalue weighted by atomic mass is 9.74. The van der Waals surface area contributed by atoms with Crippen molar-refractivity contribution in [1.29, 1.82) is 0 Å². The standard InChI is InChI=1S/C18H29NO/c1-13(2)18(9-7-6-8-10-19-18)16-11-15(4)17(20-5)12-14(16)3/h11-13,19H,6-10H2,1-5H3. The number of aryl methyl sites for hydroxylation is 2. The molecule has 2 rings (SSSR count). The topological polar surface area (TPSA) is 21.3 Å². The fourth-order valence-corrected chi connectivity index (χ4v) is 3.63. The van der Waals surface area contributed by atoms with Gasteiger partial charge >= 0.3 is 0 Å². The van der Waals surface area contributed by atoms with Crippen LogP contribution in [-0.2, 0) is 5.54 Å². The average molecular weight is 275 g/mol. The van der Waals surface area contributed by atoms with Crippen molar-refractivity contribution in [2.75, 3.05) is 13.7 Å². The van der Waals surface area contributed by atoms with Crippen LogP contribution in [0.4, 0.5) is 0 Å². The third kappa shape index (κ3) is 2.71. The van der Waals surface area contributed by atoms with E-state index in [2.05, 4.69) is 45.1 Å². The highest BCUT2D eigenvalue weighted by Crippen LogP contribution is 2.40. The van der Waals surface area contributed by atoms with Gasteiger partial charge in [-0.2, -0.15) is 0 Å². The maximum atomic E-state index is 5.47. The first-order valence-corrected chi connectivity index (χ1v) is 7.92. The third-order valence-corrected chi connectivity index (χ3v) is 4.90. The Bertz CT molecular complexity index is 457. The number of nitrogens with one attached hydrogen (secondary N) is 1. The molecule has 0 bridgehead atoms. The molecule has 112 valence electrons. The van der Waals surface area contributed by atoms with Gasteiger partial charge in [-0.15, -0.1) is 0 Å². The molecule has 1 unspecified atom stereocenters. The molecule has 0 spiro atoms. The van der Waals surface area contributed by atoms with E-state index in [-0.39, 0.29) is 5.54 Å². The van der Waals surface area contributed by atoms with Gasteiger partial charge in [-0.3, -0.25) is 0 Å². The van der Waals surface area contributed by atoms with Crippen molar-refractivity contribution in [1.82, 2.24) is 5.32 Å². The first kappa shape index (κ1) is 15.4. The van der Waals surface area contributed by atoms with Crippen molar-refractivity contribution in [3.05, 3.63) is 28.8 Å². The second-order valence-electron chi connectivity index (χ2n) is 6.50. The van der Waals surface area contributed by atoms with E-state index >= 15 is 0 Å². The normalized spacial score (nSPS) is 23.7. The summed E-state index contributed by atoms with van der Waals surface area (Å²) in [4.78, 5) is 0. The summed E-state index contributed by atoms with van der Waals surface area (Å²) in [5, 5.41) is 3.88. The van der Waals surface area contributed by atoms with Crippen molar-refractivity contribution in [2.24, 2.45) is 5.92 Å². The highest BCUT2D eigenvalue weighted by Gasteiger charge is 2.37. The highest BCUT2D eigenvalue weighted by atomic mass is 16.5. The van der Waals surface area contributed by atoms with Gasteiger partial charge in [0, 0.05) is 5.54 Å². The Kier molecular flexibility index (Phi) is 4.74. The Morgan fingerprint density at radius 3 is 2.50 bits per heavy atom. The maximum Gasteiger partial charge on any atom is 0.122 e. The first-order chi connectivity index (χ1) is 9.51. The predicted molar refractivity (Wildman–Crippen MR) is 85.5 cm³/mol. The van der Waals surface area contributed by atoms with E-state index in [0.717, 1.165) is 12.3 Å². The monoisotopic (exact) mass is 275 g/mol. The molecule has 1 fully saturated rings. The quantitative estimate of drug-likeness (QED) is 0.886. The van der Waals surface area contributed by atoms with Crippen molar-refractivity contribution in [3.8, 4) is 5.75 Å². The zero-order chi connectivity index (χ0) is 14.8. The second-order valence-corrected chi connectivity index (χ2v) is 6.50. The summed E-state index contributed by atoms with van der Waals surface area (Å²) in [5.74, 6) is 1.59. The lowest BCUT2D eigenvalue weighted by molar-refractivity contribution is 0.229. The molecule has 0 saturated carbocycles. The van der Waals surface area contributed by atoms with Crippen LogP contribution in [0.25, 0.3) is 0 Å². The smallest absolute Gasteiger partial charge is 0.122 e. The van der Waals surface area contributed by atoms with Gasteiger partial charge in [-0.25, -0.2) is 0 Å². The van der Waals surface area contributed by atoms with Gasteiger partial charge < -0.3 is 10.1 Å². The summed E-state index contributed by atoms with van der Waals surface area (Å²) in [6.45, 7) is 10.2. The van der Waals surface area contributed by atoms with E-state index in [4.69, 9.17) is 4.74 Å². The van der Waals surface area contributed by atoms with Crippen LogP contribution in [0, 0.1) is 19.8 Å². The minimum atomic E-state index is 0.123. The molecule has 0 aliphatic carbocycles. The van der Waals surface area contributed by atoms with Crippen LogP contribution < -0.4 is 10.1 Å². The zero-order valence-electron chi connectivity index (χ0n) is 13.7. The number of rotatable bonds is 3. The van der Waals surface area contributed by atoms with Crippen LogP contribution in [0.2, 0.25) is 0 Å². The van der Waals surface area contributed by atoms with Crippen LogP contribution in [0.5, 0.6) is 5.75 Å². The number of hydrogen-bond acceptors (Lipinski definition) is 2. The van der Waals surface area contributed by atoms with Gasteiger partial charge in [0.15, 0.2) is 0 Å². The third-order valence-electron chi connectivity index (χ3n) is 4.90. The maximum absolute atomic E-state index is 5.47. The number of hydrogen-bond donors (Lipinski definition) is 1. The molecule has 1 saturated heterocycles. The van der Waals surface area contributed by atoms with E-state index < -0.39 is 0 Å². The molecule has 0 radical (unpaired) electrons. The number of methoxy groups -OCH3 is 1. The molecule has 1 aliphatic heterocycles. The Morgan fingerprint density at radius 1 is 1.10 bits per heavy atom. The SMILES string of the molecule is COc1cc(C)c(C2(C(C)C)CCCCCN2)cc1C. The van der Waals surface area contributed by atoms with Gasteiger partial charge in [0.1, 0.15) is 5.75 Å². The van der Waals surface area contributed by atoms with Crippen molar-refractivity contribution in [3.63, 3.8) is 0 Å².